The van der Waals surface area contributed by atoms with E-state index in [0.717, 1.165) is 29.8 Å². The summed E-state index contributed by atoms with van der Waals surface area (Å²) in [6.45, 7) is 4.24. The fraction of sp³-hybridized carbons (Fsp3) is 0.316. The van der Waals surface area contributed by atoms with E-state index in [2.05, 4.69) is 30.5 Å². The SMILES string of the molecule is CCc1cccc(NC(=O)C2CC(C)Nc3ccccc32)c1. The van der Waals surface area contributed by atoms with Gasteiger partial charge in [0.1, 0.15) is 0 Å². The van der Waals surface area contributed by atoms with E-state index >= 15 is 0 Å². The molecular formula is C19H22N2O. The fourth-order valence-corrected chi connectivity index (χ4v) is 3.08. The van der Waals surface area contributed by atoms with Gasteiger partial charge in [0.15, 0.2) is 0 Å². The largest absolute Gasteiger partial charge is 0.382 e. The quantitative estimate of drug-likeness (QED) is 0.891. The zero-order valence-corrected chi connectivity index (χ0v) is 13.1. The monoisotopic (exact) mass is 294 g/mol. The van der Waals surface area contributed by atoms with E-state index < -0.39 is 0 Å². The average Bonchev–Trinajstić information content (AvgIpc) is 2.54. The lowest BCUT2D eigenvalue weighted by atomic mass is 9.87. The first-order valence-electron chi connectivity index (χ1n) is 7.92. The summed E-state index contributed by atoms with van der Waals surface area (Å²) < 4.78 is 0. The molecule has 1 amide bonds. The van der Waals surface area contributed by atoms with Gasteiger partial charge in [0.2, 0.25) is 5.91 Å². The number of hydrogen-bond acceptors (Lipinski definition) is 2. The van der Waals surface area contributed by atoms with Crippen LogP contribution in [-0.2, 0) is 11.2 Å². The minimum absolute atomic E-state index is 0.0778. The van der Waals surface area contributed by atoms with Crippen molar-refractivity contribution < 1.29 is 4.79 Å². The number of carbonyl (C=O) groups excluding carboxylic acids is 1. The number of nitrogens with one attached hydrogen (secondary N) is 2. The van der Waals surface area contributed by atoms with Crippen LogP contribution in [0.15, 0.2) is 48.5 Å². The molecule has 3 heteroatoms. The van der Waals surface area contributed by atoms with Crippen LogP contribution in [0, 0.1) is 0 Å². The summed E-state index contributed by atoms with van der Waals surface area (Å²) in [6, 6.07) is 16.5. The van der Waals surface area contributed by atoms with Crippen molar-refractivity contribution in [2.45, 2.75) is 38.6 Å². The molecule has 0 saturated heterocycles. The Labute approximate surface area is 131 Å². The maximum absolute atomic E-state index is 12.7. The van der Waals surface area contributed by atoms with Crippen LogP contribution in [0.3, 0.4) is 0 Å². The molecule has 0 spiro atoms. The molecule has 2 unspecified atom stereocenters. The number of para-hydroxylation sites is 1. The van der Waals surface area contributed by atoms with Gasteiger partial charge < -0.3 is 10.6 Å². The van der Waals surface area contributed by atoms with Gasteiger partial charge in [0, 0.05) is 17.4 Å². The summed E-state index contributed by atoms with van der Waals surface area (Å²) in [5, 5.41) is 6.53. The minimum atomic E-state index is -0.0993. The first-order valence-corrected chi connectivity index (χ1v) is 7.92. The Morgan fingerprint density at radius 3 is 2.86 bits per heavy atom. The Morgan fingerprint density at radius 1 is 1.23 bits per heavy atom. The van der Waals surface area contributed by atoms with Gasteiger partial charge in [-0.05, 0) is 49.1 Å². The highest BCUT2D eigenvalue weighted by Gasteiger charge is 2.29. The van der Waals surface area contributed by atoms with Crippen LogP contribution >= 0.6 is 0 Å². The third-order valence-corrected chi connectivity index (χ3v) is 4.25. The second kappa shape index (κ2) is 6.22. The van der Waals surface area contributed by atoms with E-state index in [1.807, 2.05) is 42.5 Å². The maximum atomic E-state index is 12.7. The predicted molar refractivity (Wildman–Crippen MR) is 91.3 cm³/mol. The highest BCUT2D eigenvalue weighted by Crippen LogP contribution is 2.34. The van der Waals surface area contributed by atoms with Crippen molar-refractivity contribution in [3.63, 3.8) is 0 Å². The molecule has 2 atom stereocenters. The van der Waals surface area contributed by atoms with Crippen molar-refractivity contribution in [2.75, 3.05) is 10.6 Å². The third-order valence-electron chi connectivity index (χ3n) is 4.25. The third kappa shape index (κ3) is 2.98. The van der Waals surface area contributed by atoms with E-state index in [1.54, 1.807) is 0 Å². The Bertz CT molecular complexity index is 681. The molecule has 2 aromatic carbocycles. The normalized spacial score (nSPS) is 19.9. The van der Waals surface area contributed by atoms with Crippen LogP contribution in [0.2, 0.25) is 0 Å². The summed E-state index contributed by atoms with van der Waals surface area (Å²) >= 11 is 0. The number of rotatable bonds is 3. The van der Waals surface area contributed by atoms with Crippen LogP contribution in [0.25, 0.3) is 0 Å². The minimum Gasteiger partial charge on any atom is -0.382 e. The Balaban J connectivity index is 1.83. The Kier molecular flexibility index (Phi) is 4.14. The fourth-order valence-electron chi connectivity index (χ4n) is 3.08. The van der Waals surface area contributed by atoms with Gasteiger partial charge in [0.25, 0.3) is 0 Å². The van der Waals surface area contributed by atoms with Crippen molar-refractivity contribution >= 4 is 17.3 Å². The summed E-state index contributed by atoms with van der Waals surface area (Å²) in [6.07, 6.45) is 1.78. The first-order chi connectivity index (χ1) is 10.7. The molecule has 0 aliphatic carbocycles. The van der Waals surface area contributed by atoms with Crippen molar-refractivity contribution in [2.24, 2.45) is 0 Å². The van der Waals surface area contributed by atoms with Crippen molar-refractivity contribution in [3.05, 3.63) is 59.7 Å². The van der Waals surface area contributed by atoms with Crippen molar-refractivity contribution in [3.8, 4) is 0 Å². The summed E-state index contributed by atoms with van der Waals surface area (Å²) in [4.78, 5) is 12.7. The van der Waals surface area contributed by atoms with Gasteiger partial charge in [-0.2, -0.15) is 0 Å². The van der Waals surface area contributed by atoms with Gasteiger partial charge in [-0.25, -0.2) is 0 Å². The second-order valence-electron chi connectivity index (χ2n) is 5.96. The van der Waals surface area contributed by atoms with E-state index in [0.29, 0.717) is 6.04 Å². The number of aryl methyl sites for hydroxylation is 1. The highest BCUT2D eigenvalue weighted by molar-refractivity contribution is 5.97. The Hall–Kier alpha value is -2.29. The van der Waals surface area contributed by atoms with Crippen LogP contribution in [0.5, 0.6) is 0 Å². The average molecular weight is 294 g/mol. The molecule has 1 aliphatic rings. The lowest BCUT2D eigenvalue weighted by Gasteiger charge is -2.30. The summed E-state index contributed by atoms with van der Waals surface area (Å²) in [7, 11) is 0. The number of hydrogen-bond donors (Lipinski definition) is 2. The molecule has 22 heavy (non-hydrogen) atoms. The molecule has 0 fully saturated rings. The second-order valence-corrected chi connectivity index (χ2v) is 5.96. The van der Waals surface area contributed by atoms with E-state index in [-0.39, 0.29) is 11.8 Å². The molecule has 3 rings (SSSR count). The van der Waals surface area contributed by atoms with Crippen LogP contribution in [0.1, 0.15) is 37.3 Å². The van der Waals surface area contributed by atoms with Crippen LogP contribution in [0.4, 0.5) is 11.4 Å². The molecule has 0 saturated carbocycles. The van der Waals surface area contributed by atoms with Gasteiger partial charge in [-0.3, -0.25) is 4.79 Å². The number of benzene rings is 2. The molecule has 0 radical (unpaired) electrons. The molecule has 114 valence electrons. The van der Waals surface area contributed by atoms with Gasteiger partial charge in [-0.1, -0.05) is 37.3 Å². The Morgan fingerprint density at radius 2 is 2.05 bits per heavy atom. The number of anilines is 2. The van der Waals surface area contributed by atoms with E-state index in [4.69, 9.17) is 0 Å². The smallest absolute Gasteiger partial charge is 0.232 e. The molecule has 3 nitrogen and oxygen atoms in total. The standard InChI is InChI=1S/C19H22N2O/c1-3-14-7-6-8-15(12-14)21-19(22)17-11-13(2)20-18-10-5-4-9-16(17)18/h4-10,12-13,17,20H,3,11H2,1-2H3,(H,21,22). The van der Waals surface area contributed by atoms with E-state index in [9.17, 15) is 4.79 Å². The maximum Gasteiger partial charge on any atom is 0.232 e. The van der Waals surface area contributed by atoms with Gasteiger partial charge >= 0.3 is 0 Å². The number of fused-ring (bicyclic) bond motifs is 1. The number of amides is 1. The summed E-state index contributed by atoms with van der Waals surface area (Å²) in [5.74, 6) is -0.0215. The highest BCUT2D eigenvalue weighted by atomic mass is 16.1. The van der Waals surface area contributed by atoms with Gasteiger partial charge in [-0.15, -0.1) is 0 Å². The number of carbonyl (C=O) groups is 1. The molecular weight excluding hydrogens is 272 g/mol. The van der Waals surface area contributed by atoms with Gasteiger partial charge in [0.05, 0.1) is 5.92 Å². The molecule has 0 aromatic heterocycles. The lowest BCUT2D eigenvalue weighted by Crippen LogP contribution is -2.32. The molecule has 2 N–H and O–H groups in total. The molecule has 1 aliphatic heterocycles. The molecule has 1 heterocycles. The molecule has 0 bridgehead atoms. The van der Waals surface area contributed by atoms with Crippen molar-refractivity contribution in [1.29, 1.82) is 0 Å². The summed E-state index contributed by atoms with van der Waals surface area (Å²) in [5.41, 5.74) is 4.28. The van der Waals surface area contributed by atoms with Crippen molar-refractivity contribution in [1.82, 2.24) is 0 Å². The lowest BCUT2D eigenvalue weighted by molar-refractivity contribution is -0.117. The zero-order valence-electron chi connectivity index (χ0n) is 13.1. The van der Waals surface area contributed by atoms with E-state index in [1.165, 1.54) is 5.56 Å². The molecule has 2 aromatic rings. The predicted octanol–water partition coefficient (Wildman–Crippen LogP) is 4.18. The first kappa shape index (κ1) is 14.6. The van der Waals surface area contributed by atoms with Crippen LogP contribution in [-0.4, -0.2) is 11.9 Å². The topological polar surface area (TPSA) is 41.1 Å². The van der Waals surface area contributed by atoms with Crippen LogP contribution < -0.4 is 10.6 Å². The zero-order chi connectivity index (χ0) is 15.5.